The van der Waals surface area contributed by atoms with E-state index in [9.17, 15) is 63.3 Å². The molecule has 69 heavy (non-hydrogen) atoms. The number of rotatable bonds is 49. The largest absolute Gasteiger partial charge is 0.481 e. The Morgan fingerprint density at radius 3 is 1.19 bits per heavy atom. The zero-order chi connectivity index (χ0) is 51.3. The Hall–Kier alpha value is -5.26. The fraction of sp³-hybridized carbons (Fsp3) is 0.783. The van der Waals surface area contributed by atoms with Crippen molar-refractivity contribution in [2.45, 2.75) is 166 Å². The van der Waals surface area contributed by atoms with Crippen LogP contribution in [0.4, 0.5) is 0 Å². The van der Waals surface area contributed by atoms with Gasteiger partial charge in [-0.15, -0.1) is 0 Å². The van der Waals surface area contributed by atoms with Crippen LogP contribution in [0.1, 0.15) is 148 Å². The molecule has 23 nitrogen and oxygen atoms in total. The third-order valence-corrected chi connectivity index (χ3v) is 10.4. The molecule has 0 aromatic heterocycles. The molecule has 3 atom stereocenters. The van der Waals surface area contributed by atoms with Crippen molar-refractivity contribution in [3.05, 3.63) is 0 Å². The summed E-state index contributed by atoms with van der Waals surface area (Å²) in [5, 5.41) is 49.0. The minimum Gasteiger partial charge on any atom is -0.481 e. The van der Waals surface area contributed by atoms with E-state index < -0.39 is 66.3 Å². The van der Waals surface area contributed by atoms with Crippen LogP contribution >= 0.6 is 0 Å². The standard InChI is InChI=1S/C46H79N5O18/c52-26-16-15-17-35(44(60)61)49-40(55)23-21-37(46(64)65)51-42(57)34-69-32-30-67-28-25-48-41(56)33-68-31-29-66-27-24-47-38(53)22-20-36(45(62)63)50-39(54)18-13-11-9-7-5-3-1-2-4-6-8-10-12-14-19-43(58)59/h26,35-37H,1-25,27-34H2,(H,47,53)(H,48,56)(H,49,55)(H,50,54)(H,51,57)(H,58,59)(H,60,61)(H,62,63)(H,64,65). The predicted octanol–water partition coefficient (Wildman–Crippen LogP) is 2.25. The normalized spacial score (nSPS) is 12.2. The number of carbonyl (C=O) groups is 10. The average Bonchev–Trinajstić information content (AvgIpc) is 3.29. The number of carboxylic acids is 4. The molecule has 0 spiro atoms. The van der Waals surface area contributed by atoms with Crippen LogP contribution in [0.25, 0.3) is 0 Å². The maximum Gasteiger partial charge on any atom is 0.326 e. The topological polar surface area (TPSA) is 349 Å². The summed E-state index contributed by atoms with van der Waals surface area (Å²) < 4.78 is 21.1. The lowest BCUT2D eigenvalue weighted by atomic mass is 10.0. The molecule has 0 heterocycles. The molecular weight excluding hydrogens is 911 g/mol. The molecule has 0 aromatic rings. The molecule has 0 fully saturated rings. The second kappa shape index (κ2) is 44.0. The lowest BCUT2D eigenvalue weighted by Crippen LogP contribution is -2.44. The van der Waals surface area contributed by atoms with Gasteiger partial charge in [0.25, 0.3) is 0 Å². The first-order valence-electron chi connectivity index (χ1n) is 24.2. The lowest BCUT2D eigenvalue weighted by molar-refractivity contribution is -0.144. The summed E-state index contributed by atoms with van der Waals surface area (Å²) in [6, 6.07) is -3.83. The van der Waals surface area contributed by atoms with Gasteiger partial charge in [-0.1, -0.05) is 77.0 Å². The van der Waals surface area contributed by atoms with Crippen molar-refractivity contribution in [3.63, 3.8) is 0 Å². The Labute approximate surface area is 404 Å². The fourth-order valence-electron chi connectivity index (χ4n) is 6.61. The van der Waals surface area contributed by atoms with E-state index >= 15 is 0 Å². The van der Waals surface area contributed by atoms with Crippen LogP contribution < -0.4 is 26.6 Å². The van der Waals surface area contributed by atoms with Gasteiger partial charge >= 0.3 is 23.9 Å². The second-order valence-electron chi connectivity index (χ2n) is 16.4. The van der Waals surface area contributed by atoms with Crippen molar-refractivity contribution < 1.29 is 87.3 Å². The Morgan fingerprint density at radius 2 is 0.739 bits per heavy atom. The summed E-state index contributed by atoms with van der Waals surface area (Å²) in [5.74, 6) is -7.25. The predicted molar refractivity (Wildman–Crippen MR) is 248 cm³/mol. The molecule has 0 saturated heterocycles. The highest BCUT2D eigenvalue weighted by Crippen LogP contribution is 2.14. The van der Waals surface area contributed by atoms with Gasteiger partial charge in [0, 0.05) is 45.2 Å². The minimum atomic E-state index is -1.43. The highest BCUT2D eigenvalue weighted by Gasteiger charge is 2.24. The van der Waals surface area contributed by atoms with Crippen molar-refractivity contribution in [2.75, 3.05) is 65.9 Å². The van der Waals surface area contributed by atoms with Gasteiger partial charge in [-0.2, -0.15) is 0 Å². The molecule has 0 bridgehead atoms. The third-order valence-electron chi connectivity index (χ3n) is 10.4. The van der Waals surface area contributed by atoms with Gasteiger partial charge in [-0.05, 0) is 38.5 Å². The van der Waals surface area contributed by atoms with Gasteiger partial charge in [0.2, 0.25) is 29.5 Å². The second-order valence-corrected chi connectivity index (χ2v) is 16.4. The van der Waals surface area contributed by atoms with E-state index in [1.807, 2.05) is 0 Å². The van der Waals surface area contributed by atoms with E-state index in [0.29, 0.717) is 12.7 Å². The third kappa shape index (κ3) is 41.4. The van der Waals surface area contributed by atoms with E-state index in [-0.39, 0.29) is 129 Å². The van der Waals surface area contributed by atoms with E-state index in [1.54, 1.807) is 0 Å². The van der Waals surface area contributed by atoms with Crippen LogP contribution in [-0.4, -0.2) is 164 Å². The van der Waals surface area contributed by atoms with Gasteiger partial charge in [0.1, 0.15) is 37.6 Å². The van der Waals surface area contributed by atoms with Gasteiger partial charge in [-0.3, -0.25) is 28.8 Å². The van der Waals surface area contributed by atoms with Gasteiger partial charge in [0.15, 0.2) is 0 Å². The molecule has 5 amide bonds. The Balaban J connectivity index is 3.85. The molecule has 0 radical (unpaired) electrons. The SMILES string of the molecule is O=CCCCC(NC(=O)CCC(NC(=O)COCCOCCNC(=O)COCCOCCNC(=O)CCC(NC(=O)CCCCCCCCCCCCCCCCC(=O)O)C(=O)O)C(=O)O)C(=O)O. The highest BCUT2D eigenvalue weighted by molar-refractivity contribution is 5.86. The number of hydrogen-bond acceptors (Lipinski definition) is 14. The van der Waals surface area contributed by atoms with Crippen LogP contribution in [0.5, 0.6) is 0 Å². The number of carboxylic acid groups (broad SMARTS) is 4. The molecule has 3 unspecified atom stereocenters. The quantitative estimate of drug-likeness (QED) is 0.0312. The molecule has 0 aliphatic carbocycles. The van der Waals surface area contributed by atoms with E-state index in [0.717, 1.165) is 51.4 Å². The zero-order valence-electron chi connectivity index (χ0n) is 40.1. The fourth-order valence-corrected chi connectivity index (χ4v) is 6.61. The van der Waals surface area contributed by atoms with E-state index in [1.165, 1.54) is 32.1 Å². The molecule has 0 aliphatic rings. The summed E-state index contributed by atoms with van der Waals surface area (Å²) in [7, 11) is 0. The molecule has 23 heteroatoms. The van der Waals surface area contributed by atoms with E-state index in [2.05, 4.69) is 26.6 Å². The first-order valence-corrected chi connectivity index (χ1v) is 24.2. The number of carbonyl (C=O) groups excluding carboxylic acids is 6. The van der Waals surface area contributed by atoms with E-state index in [4.69, 9.17) is 24.1 Å². The van der Waals surface area contributed by atoms with Crippen molar-refractivity contribution in [3.8, 4) is 0 Å². The number of aliphatic carboxylic acids is 4. The number of ether oxygens (including phenoxy) is 4. The maximum absolute atomic E-state index is 12.3. The van der Waals surface area contributed by atoms with Crippen LogP contribution in [0.15, 0.2) is 0 Å². The minimum absolute atomic E-state index is 0.0208. The molecule has 0 aromatic carbocycles. The molecule has 9 N–H and O–H groups in total. The molecular formula is C46H79N5O18. The monoisotopic (exact) mass is 990 g/mol. The summed E-state index contributed by atoms with van der Waals surface area (Å²) in [6.45, 7) is 0.154. The Morgan fingerprint density at radius 1 is 0.377 bits per heavy atom. The number of amides is 5. The Kier molecular flexibility index (Phi) is 40.6. The number of nitrogens with one attached hydrogen (secondary N) is 5. The smallest absolute Gasteiger partial charge is 0.326 e. The highest BCUT2D eigenvalue weighted by atomic mass is 16.5. The molecule has 0 rings (SSSR count). The Bertz CT molecular complexity index is 1500. The van der Waals surface area contributed by atoms with Crippen LogP contribution in [0.2, 0.25) is 0 Å². The zero-order valence-corrected chi connectivity index (χ0v) is 40.1. The summed E-state index contributed by atoms with van der Waals surface area (Å²) >= 11 is 0. The number of hydrogen-bond donors (Lipinski definition) is 9. The lowest BCUT2D eigenvalue weighted by Gasteiger charge is -2.17. The van der Waals surface area contributed by atoms with Crippen LogP contribution in [-0.2, 0) is 66.9 Å². The number of unbranched alkanes of at least 4 members (excludes halogenated alkanes) is 14. The van der Waals surface area contributed by atoms with Crippen LogP contribution in [0, 0.1) is 0 Å². The van der Waals surface area contributed by atoms with Gasteiger partial charge in [0.05, 0.1) is 39.6 Å². The maximum atomic E-state index is 12.3. The summed E-state index contributed by atoms with van der Waals surface area (Å²) in [5.41, 5.74) is 0. The molecule has 0 aliphatic heterocycles. The molecule has 396 valence electrons. The van der Waals surface area contributed by atoms with Crippen molar-refractivity contribution in [2.24, 2.45) is 0 Å². The van der Waals surface area contributed by atoms with Crippen molar-refractivity contribution in [1.82, 2.24) is 26.6 Å². The van der Waals surface area contributed by atoms with Crippen molar-refractivity contribution >= 4 is 59.7 Å². The molecule has 0 saturated carbocycles. The summed E-state index contributed by atoms with van der Waals surface area (Å²) in [4.78, 5) is 116. The average molecular weight is 990 g/mol. The summed E-state index contributed by atoms with van der Waals surface area (Å²) in [6.07, 6.45) is 15.5. The number of aldehydes is 1. The first kappa shape index (κ1) is 63.7. The van der Waals surface area contributed by atoms with Crippen LogP contribution in [0.3, 0.4) is 0 Å². The van der Waals surface area contributed by atoms with Crippen molar-refractivity contribution in [1.29, 1.82) is 0 Å². The first-order chi connectivity index (χ1) is 33.2. The van der Waals surface area contributed by atoms with Gasteiger partial charge in [-0.25, -0.2) is 14.4 Å². The van der Waals surface area contributed by atoms with Gasteiger partial charge < -0.3 is 70.8 Å².